The van der Waals surface area contributed by atoms with Gasteiger partial charge in [-0.2, -0.15) is 0 Å². The second-order valence-electron chi connectivity index (χ2n) is 8.54. The Hall–Kier alpha value is -1.83. The average Bonchev–Trinajstić information content (AvgIpc) is 2.70. The van der Waals surface area contributed by atoms with E-state index in [4.69, 9.17) is 4.98 Å². The van der Waals surface area contributed by atoms with E-state index in [0.717, 1.165) is 76.0 Å². The number of fused-ring (bicyclic) bond motifs is 1. The lowest BCUT2D eigenvalue weighted by Gasteiger charge is -2.34. The molecule has 29 heavy (non-hydrogen) atoms. The van der Waals surface area contributed by atoms with Crippen molar-refractivity contribution in [3.8, 4) is 0 Å². The van der Waals surface area contributed by atoms with Crippen LogP contribution in [0, 0.1) is 19.7 Å². The maximum Gasteiger partial charge on any atom is 0.226 e. The molecule has 2 aromatic rings. The summed E-state index contributed by atoms with van der Waals surface area (Å²) in [5, 5.41) is 14.4. The van der Waals surface area contributed by atoms with Crippen LogP contribution in [0.3, 0.4) is 0 Å². The zero-order valence-corrected chi connectivity index (χ0v) is 17.5. The molecule has 1 aromatic carbocycles. The van der Waals surface area contributed by atoms with E-state index in [1.165, 1.54) is 6.07 Å². The number of nitrogens with zero attached hydrogens (tertiary/aromatic N) is 4. The van der Waals surface area contributed by atoms with Gasteiger partial charge in [-0.25, -0.2) is 14.4 Å². The molecule has 158 valence electrons. The number of aryl methyl sites for hydroxylation is 2. The number of hydrogen-bond acceptors (Lipinski definition) is 6. The summed E-state index contributed by atoms with van der Waals surface area (Å²) in [6.45, 7) is 9.40. The number of halogens is 1. The Morgan fingerprint density at radius 2 is 1.93 bits per heavy atom. The van der Waals surface area contributed by atoms with Crippen molar-refractivity contribution in [3.63, 3.8) is 0 Å². The number of aliphatic hydroxyl groups excluding tert-OH is 1. The molecule has 0 aliphatic carbocycles. The number of benzene rings is 1. The predicted octanol–water partition coefficient (Wildman–Crippen LogP) is 2.40. The van der Waals surface area contributed by atoms with Crippen molar-refractivity contribution < 1.29 is 9.50 Å². The van der Waals surface area contributed by atoms with Crippen LogP contribution in [-0.2, 0) is 0 Å². The fourth-order valence-electron chi connectivity index (χ4n) is 4.48. The molecule has 2 fully saturated rings. The summed E-state index contributed by atoms with van der Waals surface area (Å²) >= 11 is 0. The van der Waals surface area contributed by atoms with Crippen LogP contribution in [-0.4, -0.2) is 71.4 Å². The fourth-order valence-corrected chi connectivity index (χ4v) is 4.48. The molecular weight excluding hydrogens is 369 g/mol. The van der Waals surface area contributed by atoms with Gasteiger partial charge in [0, 0.05) is 50.2 Å². The first-order valence-electron chi connectivity index (χ1n) is 10.8. The lowest BCUT2D eigenvalue weighted by molar-refractivity contribution is 0.0707. The maximum absolute atomic E-state index is 14.0. The number of anilines is 1. The highest BCUT2D eigenvalue weighted by Crippen LogP contribution is 2.24. The predicted molar refractivity (Wildman–Crippen MR) is 114 cm³/mol. The van der Waals surface area contributed by atoms with Crippen LogP contribution >= 0.6 is 0 Å². The molecule has 6 nitrogen and oxygen atoms in total. The maximum atomic E-state index is 14.0. The summed E-state index contributed by atoms with van der Waals surface area (Å²) in [5.74, 6) is 0.490. The van der Waals surface area contributed by atoms with Crippen LogP contribution in [0.25, 0.3) is 10.9 Å². The van der Waals surface area contributed by atoms with Crippen LogP contribution in [0.1, 0.15) is 36.9 Å². The standard InChI is InChI=1S/C22H32FN5O/c1-15-12-19-16(2)25-22(26-21(19)13-20(15)23)28-9-5-17(6-10-28)24-7-11-27-8-3-4-18(29)14-27/h12-13,17-18,24,29H,3-11,14H2,1-2H3. The van der Waals surface area contributed by atoms with E-state index in [1.807, 2.05) is 13.0 Å². The molecule has 2 saturated heterocycles. The monoisotopic (exact) mass is 401 g/mol. The number of likely N-dealkylation sites (tertiary alicyclic amines) is 1. The van der Waals surface area contributed by atoms with Crippen LogP contribution in [0.15, 0.2) is 12.1 Å². The Balaban J connectivity index is 1.31. The van der Waals surface area contributed by atoms with Gasteiger partial charge in [-0.05, 0) is 57.7 Å². The molecule has 2 N–H and O–H groups in total. The molecule has 0 amide bonds. The minimum absolute atomic E-state index is 0.158. The first kappa shape index (κ1) is 20.4. The third kappa shape index (κ3) is 4.85. The first-order chi connectivity index (χ1) is 14.0. The Morgan fingerprint density at radius 3 is 2.69 bits per heavy atom. The zero-order valence-electron chi connectivity index (χ0n) is 17.5. The number of nitrogens with one attached hydrogen (secondary N) is 1. The lowest BCUT2D eigenvalue weighted by atomic mass is 10.1. The fraction of sp³-hybridized carbons (Fsp3) is 0.636. The van der Waals surface area contributed by atoms with Crippen molar-refractivity contribution in [2.24, 2.45) is 0 Å². The van der Waals surface area contributed by atoms with Gasteiger partial charge in [-0.1, -0.05) is 0 Å². The molecule has 2 aliphatic heterocycles. The first-order valence-corrected chi connectivity index (χ1v) is 10.8. The molecule has 1 atom stereocenters. The Kier molecular flexibility index (Phi) is 6.27. The second kappa shape index (κ2) is 8.90. The molecular formula is C22H32FN5O. The number of hydrogen-bond donors (Lipinski definition) is 2. The molecule has 1 aromatic heterocycles. The summed E-state index contributed by atoms with van der Waals surface area (Å²) in [7, 11) is 0. The molecule has 3 heterocycles. The van der Waals surface area contributed by atoms with Gasteiger partial charge in [0.2, 0.25) is 5.95 Å². The topological polar surface area (TPSA) is 64.5 Å². The van der Waals surface area contributed by atoms with E-state index in [9.17, 15) is 9.50 Å². The van der Waals surface area contributed by atoms with E-state index >= 15 is 0 Å². The quantitative estimate of drug-likeness (QED) is 0.802. The zero-order chi connectivity index (χ0) is 20.4. The largest absolute Gasteiger partial charge is 0.392 e. The molecule has 1 unspecified atom stereocenters. The molecule has 0 radical (unpaired) electrons. The molecule has 2 aliphatic rings. The third-order valence-corrected chi connectivity index (χ3v) is 6.27. The highest BCUT2D eigenvalue weighted by molar-refractivity contribution is 5.82. The number of rotatable bonds is 5. The van der Waals surface area contributed by atoms with Gasteiger partial charge in [-0.15, -0.1) is 0 Å². The second-order valence-corrected chi connectivity index (χ2v) is 8.54. The Bertz CT molecular complexity index is 853. The van der Waals surface area contributed by atoms with Crippen molar-refractivity contribution in [3.05, 3.63) is 29.2 Å². The molecule has 0 spiro atoms. The minimum Gasteiger partial charge on any atom is -0.392 e. The van der Waals surface area contributed by atoms with E-state index < -0.39 is 0 Å². The van der Waals surface area contributed by atoms with Gasteiger partial charge in [0.25, 0.3) is 0 Å². The summed E-state index contributed by atoms with van der Waals surface area (Å²) in [5.41, 5.74) is 2.21. The van der Waals surface area contributed by atoms with Crippen molar-refractivity contribution in [1.29, 1.82) is 0 Å². The van der Waals surface area contributed by atoms with E-state index in [-0.39, 0.29) is 11.9 Å². The van der Waals surface area contributed by atoms with Gasteiger partial charge in [0.05, 0.1) is 17.3 Å². The van der Waals surface area contributed by atoms with Crippen molar-refractivity contribution in [1.82, 2.24) is 20.2 Å². The minimum atomic E-state index is -0.217. The third-order valence-electron chi connectivity index (χ3n) is 6.27. The van der Waals surface area contributed by atoms with Crippen LogP contribution in [0.5, 0.6) is 0 Å². The van der Waals surface area contributed by atoms with Gasteiger partial charge < -0.3 is 15.3 Å². The Labute approximate surface area is 172 Å². The smallest absolute Gasteiger partial charge is 0.226 e. The number of β-amino-alcohol motifs (C(OH)–C–C–N with tert-alkyl or cyclic N) is 1. The lowest BCUT2D eigenvalue weighted by Crippen LogP contribution is -2.46. The molecule has 0 saturated carbocycles. The highest BCUT2D eigenvalue weighted by atomic mass is 19.1. The average molecular weight is 402 g/mol. The van der Waals surface area contributed by atoms with Crippen molar-refractivity contribution in [2.45, 2.75) is 51.7 Å². The van der Waals surface area contributed by atoms with Gasteiger partial charge in [0.1, 0.15) is 5.82 Å². The molecule has 0 bridgehead atoms. The number of piperidine rings is 2. The van der Waals surface area contributed by atoms with Crippen LogP contribution in [0.4, 0.5) is 10.3 Å². The summed E-state index contributed by atoms with van der Waals surface area (Å²) in [6.07, 6.45) is 3.96. The van der Waals surface area contributed by atoms with E-state index in [0.29, 0.717) is 23.1 Å². The molecule has 7 heteroatoms. The van der Waals surface area contributed by atoms with Crippen LogP contribution < -0.4 is 10.2 Å². The van der Waals surface area contributed by atoms with Crippen LogP contribution in [0.2, 0.25) is 0 Å². The van der Waals surface area contributed by atoms with Gasteiger partial charge in [-0.3, -0.25) is 4.90 Å². The summed E-state index contributed by atoms with van der Waals surface area (Å²) in [4.78, 5) is 13.9. The van der Waals surface area contributed by atoms with Crippen molar-refractivity contribution >= 4 is 16.9 Å². The van der Waals surface area contributed by atoms with Crippen molar-refractivity contribution in [2.75, 3.05) is 44.2 Å². The van der Waals surface area contributed by atoms with Gasteiger partial charge >= 0.3 is 0 Å². The summed E-state index contributed by atoms with van der Waals surface area (Å²) < 4.78 is 14.0. The summed E-state index contributed by atoms with van der Waals surface area (Å²) in [6, 6.07) is 3.86. The Morgan fingerprint density at radius 1 is 1.14 bits per heavy atom. The molecule has 4 rings (SSSR count). The van der Waals surface area contributed by atoms with E-state index in [1.54, 1.807) is 6.92 Å². The number of aliphatic hydroxyl groups is 1. The highest BCUT2D eigenvalue weighted by Gasteiger charge is 2.22. The van der Waals surface area contributed by atoms with E-state index in [2.05, 4.69) is 20.1 Å². The SMILES string of the molecule is Cc1cc2c(C)nc(N3CCC(NCCN4CCCC(O)C4)CC3)nc2cc1F. The number of aromatic nitrogens is 2. The normalized spacial score (nSPS) is 21.8. The van der Waals surface area contributed by atoms with Gasteiger partial charge in [0.15, 0.2) is 0 Å².